The summed E-state index contributed by atoms with van der Waals surface area (Å²) in [4.78, 5) is 14.7. The lowest BCUT2D eigenvalue weighted by Gasteiger charge is -2.22. The van der Waals surface area contributed by atoms with E-state index in [9.17, 15) is 4.79 Å². The third-order valence-electron chi connectivity index (χ3n) is 4.28. The number of hydrogen-bond acceptors (Lipinski definition) is 1. The lowest BCUT2D eigenvalue weighted by atomic mass is 10.2. The number of carbonyl (C=O) groups excluding carboxylic acids is 1. The van der Waals surface area contributed by atoms with Gasteiger partial charge in [-0.1, -0.05) is 57.9 Å². The highest BCUT2D eigenvalue weighted by atomic mass is 79.9. The van der Waals surface area contributed by atoms with Gasteiger partial charge in [0, 0.05) is 40.0 Å². The highest BCUT2D eigenvalue weighted by molar-refractivity contribution is 9.10. The topological polar surface area (TPSA) is 25.2 Å². The number of aromatic nitrogens is 1. The molecule has 1 heterocycles. The van der Waals surface area contributed by atoms with E-state index in [-0.39, 0.29) is 5.91 Å². The van der Waals surface area contributed by atoms with Crippen molar-refractivity contribution in [1.29, 1.82) is 0 Å². The van der Waals surface area contributed by atoms with Gasteiger partial charge >= 0.3 is 0 Å². The van der Waals surface area contributed by atoms with Crippen LogP contribution in [-0.2, 0) is 13.1 Å². The number of halogens is 2. The van der Waals surface area contributed by atoms with E-state index in [0.29, 0.717) is 25.2 Å². The molecule has 0 aliphatic heterocycles. The lowest BCUT2D eigenvalue weighted by molar-refractivity contribution is 0.0759. The van der Waals surface area contributed by atoms with Gasteiger partial charge in [0.05, 0.1) is 6.54 Å². The summed E-state index contributed by atoms with van der Waals surface area (Å²) in [5.41, 5.74) is 2.74. The third-order valence-corrected chi connectivity index (χ3v) is 5.15. The largest absolute Gasteiger partial charge is 0.345 e. The SMILES string of the molecule is C=CCN(Cc1cccn1Cc1ccccc1Cl)C(=O)c1cccc(Br)c1. The van der Waals surface area contributed by atoms with Gasteiger partial charge in [-0.15, -0.1) is 6.58 Å². The summed E-state index contributed by atoms with van der Waals surface area (Å²) in [6.07, 6.45) is 3.76. The van der Waals surface area contributed by atoms with Crippen LogP contribution < -0.4 is 0 Å². The van der Waals surface area contributed by atoms with Crippen molar-refractivity contribution >= 4 is 33.4 Å². The first-order valence-electron chi connectivity index (χ1n) is 8.61. The van der Waals surface area contributed by atoms with E-state index >= 15 is 0 Å². The molecule has 0 spiro atoms. The Morgan fingerprint density at radius 2 is 1.96 bits per heavy atom. The molecule has 0 atom stereocenters. The Morgan fingerprint density at radius 1 is 1.15 bits per heavy atom. The molecule has 0 N–H and O–H groups in total. The molecular weight excluding hydrogens is 424 g/mol. The van der Waals surface area contributed by atoms with E-state index in [1.165, 1.54) is 0 Å². The van der Waals surface area contributed by atoms with Gasteiger partial charge < -0.3 is 9.47 Å². The van der Waals surface area contributed by atoms with Crippen molar-refractivity contribution in [2.45, 2.75) is 13.1 Å². The van der Waals surface area contributed by atoms with Crippen molar-refractivity contribution in [2.24, 2.45) is 0 Å². The van der Waals surface area contributed by atoms with Gasteiger partial charge in [0.25, 0.3) is 5.91 Å². The second-order valence-corrected chi connectivity index (χ2v) is 7.53. The molecule has 0 fully saturated rings. The minimum Gasteiger partial charge on any atom is -0.345 e. The summed E-state index contributed by atoms with van der Waals surface area (Å²) in [5, 5.41) is 0.741. The van der Waals surface area contributed by atoms with Gasteiger partial charge in [-0.05, 0) is 42.0 Å². The van der Waals surface area contributed by atoms with Crippen LogP contribution in [0.1, 0.15) is 21.6 Å². The predicted octanol–water partition coefficient (Wildman–Crippen LogP) is 5.78. The maximum absolute atomic E-state index is 13.0. The van der Waals surface area contributed by atoms with E-state index in [1.807, 2.05) is 66.9 Å². The first-order chi connectivity index (χ1) is 13.1. The zero-order valence-corrected chi connectivity index (χ0v) is 17.2. The maximum atomic E-state index is 13.0. The molecule has 3 nitrogen and oxygen atoms in total. The van der Waals surface area contributed by atoms with Crippen LogP contribution >= 0.6 is 27.5 Å². The quantitative estimate of drug-likeness (QED) is 0.425. The number of amides is 1. The van der Waals surface area contributed by atoms with Gasteiger partial charge in [0.15, 0.2) is 0 Å². The number of rotatable bonds is 7. The fraction of sp³-hybridized carbons (Fsp3) is 0.136. The summed E-state index contributed by atoms with van der Waals surface area (Å²) in [7, 11) is 0. The Hall–Kier alpha value is -2.30. The highest BCUT2D eigenvalue weighted by Gasteiger charge is 2.17. The van der Waals surface area contributed by atoms with Gasteiger partial charge in [0.1, 0.15) is 0 Å². The van der Waals surface area contributed by atoms with Gasteiger partial charge in [0.2, 0.25) is 0 Å². The first kappa shape index (κ1) is 19.5. The fourth-order valence-electron chi connectivity index (χ4n) is 2.93. The second-order valence-electron chi connectivity index (χ2n) is 6.20. The van der Waals surface area contributed by atoms with Crippen LogP contribution in [0, 0.1) is 0 Å². The van der Waals surface area contributed by atoms with Crippen LogP contribution in [0.2, 0.25) is 5.02 Å². The highest BCUT2D eigenvalue weighted by Crippen LogP contribution is 2.19. The number of hydrogen-bond donors (Lipinski definition) is 0. The Balaban J connectivity index is 1.82. The fourth-order valence-corrected chi connectivity index (χ4v) is 3.53. The van der Waals surface area contributed by atoms with Crippen molar-refractivity contribution in [1.82, 2.24) is 9.47 Å². The van der Waals surface area contributed by atoms with Gasteiger partial charge in [-0.3, -0.25) is 4.79 Å². The van der Waals surface area contributed by atoms with E-state index < -0.39 is 0 Å². The molecule has 0 aliphatic rings. The average molecular weight is 444 g/mol. The maximum Gasteiger partial charge on any atom is 0.254 e. The molecule has 0 bridgehead atoms. The van der Waals surface area contributed by atoms with Crippen LogP contribution in [0.15, 0.2) is 84.0 Å². The second kappa shape index (κ2) is 9.07. The summed E-state index contributed by atoms with van der Waals surface area (Å²) in [6.45, 7) is 5.43. The van der Waals surface area contributed by atoms with Gasteiger partial charge in [-0.25, -0.2) is 0 Å². The molecule has 3 aromatic rings. The van der Waals surface area contributed by atoms with Crippen molar-refractivity contribution in [3.63, 3.8) is 0 Å². The smallest absolute Gasteiger partial charge is 0.254 e. The number of benzene rings is 2. The zero-order valence-electron chi connectivity index (χ0n) is 14.8. The standard InChI is InChI=1S/C22H20BrClN2O/c1-2-12-26(22(27)17-8-5-9-19(23)14-17)16-20-10-6-13-25(20)15-18-7-3-4-11-21(18)24/h2-11,13-14H,1,12,15-16H2. The first-order valence-corrected chi connectivity index (χ1v) is 9.78. The van der Waals surface area contributed by atoms with E-state index in [4.69, 9.17) is 11.6 Å². The molecule has 1 aromatic heterocycles. The molecule has 27 heavy (non-hydrogen) atoms. The molecule has 0 unspecified atom stereocenters. The molecule has 3 rings (SSSR count). The molecule has 138 valence electrons. The molecule has 2 aromatic carbocycles. The summed E-state index contributed by atoms with van der Waals surface area (Å²) >= 11 is 9.73. The molecule has 0 aliphatic carbocycles. The van der Waals surface area contributed by atoms with E-state index in [0.717, 1.165) is 20.8 Å². The van der Waals surface area contributed by atoms with E-state index in [1.54, 1.807) is 11.0 Å². The van der Waals surface area contributed by atoms with Crippen LogP contribution in [0.4, 0.5) is 0 Å². The summed E-state index contributed by atoms with van der Waals surface area (Å²) < 4.78 is 3.00. The van der Waals surface area contributed by atoms with Crippen molar-refractivity contribution in [3.8, 4) is 0 Å². The monoisotopic (exact) mass is 442 g/mol. The van der Waals surface area contributed by atoms with Crippen molar-refractivity contribution < 1.29 is 4.79 Å². The molecule has 0 radical (unpaired) electrons. The summed E-state index contributed by atoms with van der Waals surface area (Å²) in [6, 6.07) is 19.3. The minimum absolute atomic E-state index is 0.0262. The normalized spacial score (nSPS) is 10.6. The third kappa shape index (κ3) is 4.90. The minimum atomic E-state index is -0.0262. The molecule has 5 heteroatoms. The Labute approximate surface area is 173 Å². The lowest BCUT2D eigenvalue weighted by Crippen LogP contribution is -2.31. The van der Waals surface area contributed by atoms with Crippen LogP contribution in [0.3, 0.4) is 0 Å². The molecule has 0 saturated heterocycles. The number of nitrogens with zero attached hydrogens (tertiary/aromatic N) is 2. The molecule has 1 amide bonds. The zero-order chi connectivity index (χ0) is 19.2. The van der Waals surface area contributed by atoms with Crippen LogP contribution in [0.5, 0.6) is 0 Å². The van der Waals surface area contributed by atoms with Crippen molar-refractivity contribution in [3.05, 3.63) is 106 Å². The van der Waals surface area contributed by atoms with Crippen LogP contribution in [-0.4, -0.2) is 21.9 Å². The van der Waals surface area contributed by atoms with E-state index in [2.05, 4.69) is 27.1 Å². The van der Waals surface area contributed by atoms with Crippen LogP contribution in [0.25, 0.3) is 0 Å². The Bertz CT molecular complexity index is 951. The number of carbonyl (C=O) groups is 1. The van der Waals surface area contributed by atoms with Crippen molar-refractivity contribution in [2.75, 3.05) is 6.54 Å². The summed E-state index contributed by atoms with van der Waals surface area (Å²) in [5.74, 6) is -0.0262. The Morgan fingerprint density at radius 3 is 2.70 bits per heavy atom. The van der Waals surface area contributed by atoms with Gasteiger partial charge in [-0.2, -0.15) is 0 Å². The molecular formula is C22H20BrClN2O. The Kier molecular flexibility index (Phi) is 6.54. The average Bonchev–Trinajstić information content (AvgIpc) is 3.09. The predicted molar refractivity (Wildman–Crippen MR) is 114 cm³/mol. The molecule has 0 saturated carbocycles.